The summed E-state index contributed by atoms with van der Waals surface area (Å²) in [5.74, 6) is 1.31. The predicted molar refractivity (Wildman–Crippen MR) is 126 cm³/mol. The maximum absolute atomic E-state index is 10.4. The molecule has 0 bridgehead atoms. The van der Waals surface area contributed by atoms with Crippen LogP contribution < -0.4 is 15.2 Å². The molecule has 158 valence electrons. The minimum atomic E-state index is 0. The summed E-state index contributed by atoms with van der Waals surface area (Å²) in [7, 11) is 3.08. The van der Waals surface area contributed by atoms with Crippen molar-refractivity contribution in [1.29, 1.82) is 0 Å². The van der Waals surface area contributed by atoms with E-state index in [-0.39, 0.29) is 24.1 Å². The lowest BCUT2D eigenvalue weighted by Gasteiger charge is -2.30. The van der Waals surface area contributed by atoms with E-state index >= 15 is 0 Å². The standard InChI is InChI=1S/C25H22N2O3.ClH/c1-29-20-12-15(13-21(30-2)24(20)28)19-11-14-7-3-4-8-16(14)23-22(19)17-9-5-6-10-18(17)25(26)27-23;/h3-10,12-13,19,28H,11H2,1-2H3,(H2,26,27);1H. The molecule has 3 N–H and O–H groups in total. The van der Waals surface area contributed by atoms with Crippen LogP contribution in [0.2, 0.25) is 0 Å². The van der Waals surface area contributed by atoms with Gasteiger partial charge < -0.3 is 20.3 Å². The van der Waals surface area contributed by atoms with E-state index in [0.29, 0.717) is 17.3 Å². The van der Waals surface area contributed by atoms with Crippen molar-refractivity contribution in [2.24, 2.45) is 0 Å². The molecule has 0 spiro atoms. The molecule has 1 aromatic heterocycles. The molecule has 5 nitrogen and oxygen atoms in total. The fourth-order valence-electron chi connectivity index (χ4n) is 4.52. The van der Waals surface area contributed by atoms with Gasteiger partial charge in [-0.15, -0.1) is 12.4 Å². The normalized spacial score (nSPS) is 14.3. The van der Waals surface area contributed by atoms with Crippen LogP contribution in [-0.4, -0.2) is 24.3 Å². The number of pyridine rings is 1. The SMILES string of the molecule is COc1cc(C2Cc3ccccc3-c3nc(N)c4ccccc4c32)cc(OC)c1O.Cl. The number of phenolic OH excluding ortho intramolecular Hbond substituents is 1. The van der Waals surface area contributed by atoms with Crippen molar-refractivity contribution in [3.63, 3.8) is 0 Å². The Hall–Kier alpha value is -3.44. The molecule has 1 atom stereocenters. The Morgan fingerprint density at radius 2 is 1.55 bits per heavy atom. The number of hydrogen-bond donors (Lipinski definition) is 2. The molecule has 5 rings (SSSR count). The van der Waals surface area contributed by atoms with Crippen LogP contribution >= 0.6 is 12.4 Å². The van der Waals surface area contributed by atoms with Crippen molar-refractivity contribution in [2.45, 2.75) is 12.3 Å². The summed E-state index contributed by atoms with van der Waals surface area (Å²) < 4.78 is 10.8. The monoisotopic (exact) mass is 434 g/mol. The van der Waals surface area contributed by atoms with Crippen LogP contribution in [0.3, 0.4) is 0 Å². The fraction of sp³-hybridized carbons (Fsp3) is 0.160. The average Bonchev–Trinajstić information content (AvgIpc) is 2.79. The number of phenols is 1. The van der Waals surface area contributed by atoms with E-state index in [0.717, 1.165) is 39.6 Å². The Labute approximate surface area is 186 Å². The van der Waals surface area contributed by atoms with Crippen LogP contribution in [0.15, 0.2) is 60.7 Å². The van der Waals surface area contributed by atoms with Gasteiger partial charge in [-0.25, -0.2) is 4.98 Å². The van der Waals surface area contributed by atoms with E-state index in [1.54, 1.807) is 14.2 Å². The Morgan fingerprint density at radius 1 is 0.935 bits per heavy atom. The van der Waals surface area contributed by atoms with Gasteiger partial charge in [0, 0.05) is 16.9 Å². The molecule has 0 amide bonds. The second-order valence-corrected chi connectivity index (χ2v) is 7.49. The molecular weight excluding hydrogens is 412 g/mol. The highest BCUT2D eigenvalue weighted by Crippen LogP contribution is 2.48. The number of rotatable bonds is 3. The number of hydrogen-bond acceptors (Lipinski definition) is 5. The van der Waals surface area contributed by atoms with Crippen LogP contribution in [0.5, 0.6) is 17.2 Å². The van der Waals surface area contributed by atoms with Crippen molar-refractivity contribution in [3.05, 3.63) is 77.4 Å². The molecule has 1 aliphatic carbocycles. The van der Waals surface area contributed by atoms with Gasteiger partial charge in [0.05, 0.1) is 19.9 Å². The van der Waals surface area contributed by atoms with Crippen molar-refractivity contribution in [2.75, 3.05) is 20.0 Å². The minimum absolute atomic E-state index is 0. The molecule has 0 fully saturated rings. The summed E-state index contributed by atoms with van der Waals surface area (Å²) in [6, 6.07) is 20.2. The Bertz CT molecular complexity index is 1260. The second kappa shape index (κ2) is 8.00. The molecule has 1 aliphatic rings. The lowest BCUT2D eigenvalue weighted by atomic mass is 9.76. The topological polar surface area (TPSA) is 77.6 Å². The minimum Gasteiger partial charge on any atom is -0.502 e. The van der Waals surface area contributed by atoms with E-state index in [4.69, 9.17) is 20.2 Å². The zero-order valence-corrected chi connectivity index (χ0v) is 18.1. The average molecular weight is 435 g/mol. The summed E-state index contributed by atoms with van der Waals surface area (Å²) in [5.41, 5.74) is 11.7. The van der Waals surface area contributed by atoms with Crippen molar-refractivity contribution in [3.8, 4) is 28.5 Å². The zero-order valence-electron chi connectivity index (χ0n) is 17.3. The number of anilines is 1. The summed E-state index contributed by atoms with van der Waals surface area (Å²) in [6.07, 6.45) is 0.801. The number of benzene rings is 3. The van der Waals surface area contributed by atoms with Crippen LogP contribution in [-0.2, 0) is 6.42 Å². The maximum atomic E-state index is 10.4. The first kappa shape index (κ1) is 20.8. The highest BCUT2D eigenvalue weighted by atomic mass is 35.5. The van der Waals surface area contributed by atoms with Crippen LogP contribution in [0, 0.1) is 0 Å². The van der Waals surface area contributed by atoms with Gasteiger partial charge in [0.1, 0.15) is 5.82 Å². The van der Waals surface area contributed by atoms with Gasteiger partial charge in [-0.1, -0.05) is 48.5 Å². The Balaban J connectivity index is 0.00000231. The number of halogens is 1. The van der Waals surface area contributed by atoms with E-state index in [1.807, 2.05) is 42.5 Å². The molecule has 0 saturated heterocycles. The Kier molecular flexibility index (Phi) is 5.38. The third-order valence-electron chi connectivity index (χ3n) is 5.93. The third kappa shape index (κ3) is 3.22. The van der Waals surface area contributed by atoms with Gasteiger partial charge in [0.15, 0.2) is 11.5 Å². The fourth-order valence-corrected chi connectivity index (χ4v) is 4.52. The zero-order chi connectivity index (χ0) is 20.8. The number of aromatic nitrogens is 1. The number of nitrogens with two attached hydrogens (primary N) is 1. The molecule has 4 aromatic rings. The largest absolute Gasteiger partial charge is 0.502 e. The van der Waals surface area contributed by atoms with Crippen LogP contribution in [0.1, 0.15) is 22.6 Å². The first-order chi connectivity index (χ1) is 14.6. The van der Waals surface area contributed by atoms with Crippen molar-refractivity contribution < 1.29 is 14.6 Å². The number of nitrogen functional groups attached to an aromatic ring is 1. The predicted octanol–water partition coefficient (Wildman–Crippen LogP) is 5.32. The van der Waals surface area contributed by atoms with E-state index in [1.165, 1.54) is 5.56 Å². The Morgan fingerprint density at radius 3 is 2.23 bits per heavy atom. The van der Waals surface area contributed by atoms with E-state index in [2.05, 4.69) is 18.2 Å². The van der Waals surface area contributed by atoms with Gasteiger partial charge in [-0.05, 0) is 40.6 Å². The summed E-state index contributed by atoms with van der Waals surface area (Å²) in [4.78, 5) is 4.83. The molecule has 0 saturated carbocycles. The lowest BCUT2D eigenvalue weighted by molar-refractivity contribution is 0.339. The number of ether oxygens (including phenoxy) is 2. The van der Waals surface area contributed by atoms with Gasteiger partial charge >= 0.3 is 0 Å². The first-order valence-electron chi connectivity index (χ1n) is 9.83. The smallest absolute Gasteiger partial charge is 0.200 e. The number of aromatic hydroxyl groups is 1. The number of methoxy groups -OCH3 is 2. The molecule has 31 heavy (non-hydrogen) atoms. The van der Waals surface area contributed by atoms with Gasteiger partial charge in [0.25, 0.3) is 0 Å². The van der Waals surface area contributed by atoms with Gasteiger partial charge in [-0.2, -0.15) is 0 Å². The molecule has 6 heteroatoms. The first-order valence-corrected chi connectivity index (χ1v) is 9.83. The molecule has 0 aliphatic heterocycles. The highest BCUT2D eigenvalue weighted by Gasteiger charge is 2.31. The van der Waals surface area contributed by atoms with Crippen molar-refractivity contribution >= 4 is 29.0 Å². The van der Waals surface area contributed by atoms with E-state index < -0.39 is 0 Å². The van der Waals surface area contributed by atoms with Gasteiger partial charge in [0.2, 0.25) is 5.75 Å². The quantitative estimate of drug-likeness (QED) is 0.456. The third-order valence-corrected chi connectivity index (χ3v) is 5.93. The summed E-state index contributed by atoms with van der Waals surface area (Å²) in [6.45, 7) is 0. The maximum Gasteiger partial charge on any atom is 0.200 e. The molecular formula is C25H23ClN2O3. The van der Waals surface area contributed by atoms with Crippen LogP contribution in [0.25, 0.3) is 22.0 Å². The lowest BCUT2D eigenvalue weighted by Crippen LogP contribution is -2.15. The molecule has 0 radical (unpaired) electrons. The van der Waals surface area contributed by atoms with Gasteiger partial charge in [-0.3, -0.25) is 0 Å². The molecule has 1 heterocycles. The number of fused-ring (bicyclic) bond motifs is 5. The van der Waals surface area contributed by atoms with Crippen molar-refractivity contribution in [1.82, 2.24) is 4.98 Å². The number of nitrogens with zero attached hydrogens (tertiary/aromatic N) is 1. The van der Waals surface area contributed by atoms with Crippen LogP contribution in [0.4, 0.5) is 5.82 Å². The molecule has 1 unspecified atom stereocenters. The summed E-state index contributed by atoms with van der Waals surface area (Å²) >= 11 is 0. The van der Waals surface area contributed by atoms with E-state index in [9.17, 15) is 5.11 Å². The second-order valence-electron chi connectivity index (χ2n) is 7.49. The highest BCUT2D eigenvalue weighted by molar-refractivity contribution is 5.98. The summed E-state index contributed by atoms with van der Waals surface area (Å²) in [5, 5.41) is 12.4. The molecule has 3 aromatic carbocycles.